The number of allylic oxidation sites excluding steroid dienone is 2. The van der Waals surface area contributed by atoms with E-state index in [4.69, 9.17) is 9.84 Å². The highest BCUT2D eigenvalue weighted by molar-refractivity contribution is 5.69. The van der Waals surface area contributed by atoms with Crippen LogP contribution in [0.4, 0.5) is 0 Å². The Morgan fingerprint density at radius 3 is 1.81 bits per heavy atom. The Hall–Kier alpha value is -1.32. The molecular formula is C23H42O4. The molecule has 0 saturated carbocycles. The molecule has 0 fully saturated rings. The molecule has 158 valence electrons. The summed E-state index contributed by atoms with van der Waals surface area (Å²) in [6.45, 7) is 2.60. The van der Waals surface area contributed by atoms with Gasteiger partial charge in [0.1, 0.15) is 0 Å². The zero-order chi connectivity index (χ0) is 20.0. The summed E-state index contributed by atoms with van der Waals surface area (Å²) in [5.74, 6) is -0.947. The summed E-state index contributed by atoms with van der Waals surface area (Å²) in [7, 11) is 0. The van der Waals surface area contributed by atoms with Crippen molar-refractivity contribution in [3.05, 3.63) is 12.2 Å². The van der Waals surface area contributed by atoms with Gasteiger partial charge in [0.15, 0.2) is 0 Å². The number of carbonyl (C=O) groups is 2. The molecule has 0 aliphatic carbocycles. The Labute approximate surface area is 166 Å². The van der Waals surface area contributed by atoms with Crippen molar-refractivity contribution in [1.82, 2.24) is 0 Å². The van der Waals surface area contributed by atoms with Crippen LogP contribution in [0.15, 0.2) is 12.2 Å². The van der Waals surface area contributed by atoms with E-state index in [2.05, 4.69) is 19.1 Å². The largest absolute Gasteiger partial charge is 0.481 e. The molecule has 0 rings (SSSR count). The van der Waals surface area contributed by atoms with Crippen LogP contribution in [0, 0.1) is 0 Å². The number of unbranched alkanes of at least 4 members (excludes halogenated alkanes) is 12. The lowest BCUT2D eigenvalue weighted by atomic mass is 10.1. The van der Waals surface area contributed by atoms with Gasteiger partial charge in [-0.25, -0.2) is 0 Å². The molecule has 0 amide bonds. The fourth-order valence-electron chi connectivity index (χ4n) is 2.98. The molecule has 0 aromatic rings. The fraction of sp³-hybridized carbons (Fsp3) is 0.826. The first-order valence-corrected chi connectivity index (χ1v) is 11.2. The summed E-state index contributed by atoms with van der Waals surface area (Å²) in [6, 6.07) is 0. The van der Waals surface area contributed by atoms with Crippen LogP contribution >= 0.6 is 0 Å². The minimum atomic E-state index is -0.797. The van der Waals surface area contributed by atoms with Crippen LogP contribution in [0.2, 0.25) is 0 Å². The first-order chi connectivity index (χ1) is 13.2. The Balaban J connectivity index is 3.22. The highest BCUT2D eigenvalue weighted by atomic mass is 16.5. The van der Waals surface area contributed by atoms with Crippen molar-refractivity contribution in [3.8, 4) is 0 Å². The highest BCUT2D eigenvalue weighted by Crippen LogP contribution is 2.10. The van der Waals surface area contributed by atoms with Crippen molar-refractivity contribution in [2.45, 2.75) is 116 Å². The number of carboxylic acid groups (broad SMARTS) is 1. The molecule has 0 unspecified atom stereocenters. The van der Waals surface area contributed by atoms with Crippen LogP contribution in [-0.2, 0) is 14.3 Å². The molecule has 0 aliphatic heterocycles. The van der Waals surface area contributed by atoms with Gasteiger partial charge in [-0.1, -0.05) is 70.4 Å². The number of carbonyl (C=O) groups excluding carboxylic acids is 1. The van der Waals surface area contributed by atoms with E-state index in [0.717, 1.165) is 12.8 Å². The van der Waals surface area contributed by atoms with Gasteiger partial charge >= 0.3 is 11.9 Å². The zero-order valence-corrected chi connectivity index (χ0v) is 17.6. The molecule has 0 spiro atoms. The van der Waals surface area contributed by atoms with E-state index in [1.165, 1.54) is 70.6 Å². The fourth-order valence-corrected chi connectivity index (χ4v) is 2.98. The molecule has 0 aromatic carbocycles. The second-order valence-corrected chi connectivity index (χ2v) is 7.41. The first-order valence-electron chi connectivity index (χ1n) is 11.2. The third-order valence-corrected chi connectivity index (χ3v) is 4.69. The minimum absolute atomic E-state index is 0.145. The molecule has 27 heavy (non-hydrogen) atoms. The van der Waals surface area contributed by atoms with Gasteiger partial charge in [-0.15, -0.1) is 0 Å². The normalized spacial score (nSPS) is 11.1. The van der Waals surface area contributed by atoms with Gasteiger partial charge in [0.05, 0.1) is 6.61 Å². The van der Waals surface area contributed by atoms with E-state index in [1.54, 1.807) is 0 Å². The van der Waals surface area contributed by atoms with Crippen LogP contribution in [0.3, 0.4) is 0 Å². The van der Waals surface area contributed by atoms with E-state index >= 15 is 0 Å². The Kier molecular flexibility index (Phi) is 20.0. The second kappa shape index (κ2) is 21.0. The van der Waals surface area contributed by atoms with Gasteiger partial charge in [0.25, 0.3) is 0 Å². The summed E-state index contributed by atoms with van der Waals surface area (Å²) in [4.78, 5) is 21.9. The minimum Gasteiger partial charge on any atom is -0.481 e. The summed E-state index contributed by atoms with van der Waals surface area (Å²) in [6.07, 6.45) is 22.7. The number of aliphatic carboxylic acids is 1. The lowest BCUT2D eigenvalue weighted by Crippen LogP contribution is -2.06. The van der Waals surface area contributed by atoms with Gasteiger partial charge in [-0.05, 0) is 44.9 Å². The lowest BCUT2D eigenvalue weighted by molar-refractivity contribution is -0.143. The molecule has 4 heteroatoms. The van der Waals surface area contributed by atoms with Gasteiger partial charge in [0.2, 0.25) is 0 Å². The molecule has 1 N–H and O–H groups in total. The maximum absolute atomic E-state index is 11.5. The highest BCUT2D eigenvalue weighted by Gasteiger charge is 2.03. The summed E-state index contributed by atoms with van der Waals surface area (Å²) < 4.78 is 5.10. The number of ether oxygens (including phenoxy) is 1. The van der Waals surface area contributed by atoms with Crippen molar-refractivity contribution < 1.29 is 19.4 Å². The summed E-state index contributed by atoms with van der Waals surface area (Å²) in [5, 5.41) is 8.51. The maximum Gasteiger partial charge on any atom is 0.305 e. The molecule has 0 heterocycles. The number of carboxylic acids is 1. The number of esters is 1. The molecule has 0 radical (unpaired) electrons. The van der Waals surface area contributed by atoms with Gasteiger partial charge in [-0.3, -0.25) is 9.59 Å². The average Bonchev–Trinajstić information content (AvgIpc) is 2.64. The monoisotopic (exact) mass is 382 g/mol. The Morgan fingerprint density at radius 1 is 0.704 bits per heavy atom. The third-order valence-electron chi connectivity index (χ3n) is 4.69. The van der Waals surface area contributed by atoms with Crippen molar-refractivity contribution in [2.24, 2.45) is 0 Å². The smallest absolute Gasteiger partial charge is 0.305 e. The van der Waals surface area contributed by atoms with Crippen LogP contribution < -0.4 is 0 Å². The third kappa shape index (κ3) is 22.6. The molecule has 0 bridgehead atoms. The number of hydrogen-bond donors (Lipinski definition) is 1. The number of rotatable bonds is 20. The van der Waals surface area contributed by atoms with Crippen molar-refractivity contribution in [2.75, 3.05) is 6.61 Å². The van der Waals surface area contributed by atoms with Gasteiger partial charge in [-0.2, -0.15) is 0 Å². The Bertz CT molecular complexity index is 377. The van der Waals surface area contributed by atoms with Crippen LogP contribution in [0.5, 0.6) is 0 Å². The molecule has 0 aromatic heterocycles. The van der Waals surface area contributed by atoms with Crippen molar-refractivity contribution in [1.29, 1.82) is 0 Å². The van der Waals surface area contributed by atoms with Crippen molar-refractivity contribution in [3.63, 3.8) is 0 Å². The molecule has 0 saturated heterocycles. The Morgan fingerprint density at radius 2 is 1.22 bits per heavy atom. The SMILES string of the molecule is CCCCCCCC/C=C\CCCCCCCC(=O)OCCCCC(=O)O. The van der Waals surface area contributed by atoms with Crippen LogP contribution in [-0.4, -0.2) is 23.7 Å². The quantitative estimate of drug-likeness (QED) is 0.142. The zero-order valence-electron chi connectivity index (χ0n) is 17.6. The second-order valence-electron chi connectivity index (χ2n) is 7.41. The van der Waals surface area contributed by atoms with E-state index in [9.17, 15) is 9.59 Å². The molecular weight excluding hydrogens is 340 g/mol. The van der Waals surface area contributed by atoms with E-state index < -0.39 is 5.97 Å². The predicted molar refractivity (Wildman–Crippen MR) is 112 cm³/mol. The van der Waals surface area contributed by atoms with E-state index in [-0.39, 0.29) is 12.4 Å². The van der Waals surface area contributed by atoms with Crippen LogP contribution in [0.25, 0.3) is 0 Å². The predicted octanol–water partition coefficient (Wildman–Crippen LogP) is 6.82. The van der Waals surface area contributed by atoms with Gasteiger partial charge in [0, 0.05) is 12.8 Å². The molecule has 0 aliphatic rings. The summed E-state index contributed by atoms with van der Waals surface area (Å²) in [5.41, 5.74) is 0. The van der Waals surface area contributed by atoms with E-state index in [0.29, 0.717) is 25.9 Å². The summed E-state index contributed by atoms with van der Waals surface area (Å²) >= 11 is 0. The van der Waals surface area contributed by atoms with Gasteiger partial charge < -0.3 is 9.84 Å². The number of hydrogen-bond acceptors (Lipinski definition) is 3. The topological polar surface area (TPSA) is 63.6 Å². The van der Waals surface area contributed by atoms with Crippen LogP contribution in [0.1, 0.15) is 116 Å². The standard InChI is InChI=1S/C23H42O4/c1-2-3-4-5-6-7-8-9-10-11-12-13-14-15-16-20-23(26)27-21-18-17-19-22(24)25/h9-10H,2-8,11-21H2,1H3,(H,24,25)/b10-9-. The lowest BCUT2D eigenvalue weighted by Gasteiger charge is -2.04. The molecule has 4 nitrogen and oxygen atoms in total. The van der Waals surface area contributed by atoms with E-state index in [1.807, 2.05) is 0 Å². The first kappa shape index (κ1) is 25.7. The average molecular weight is 383 g/mol. The maximum atomic E-state index is 11.5. The van der Waals surface area contributed by atoms with Crippen molar-refractivity contribution >= 4 is 11.9 Å². The molecule has 0 atom stereocenters.